The molecule has 0 atom stereocenters. The monoisotopic (exact) mass is 322 g/mol. The molecule has 2 aromatic carbocycles. The minimum atomic E-state index is -4.68. The SMILES string of the molecule is CC(C)c1cccc(C(C)C)c1-c1cccc(OC(F)(F)F)c1. The first kappa shape index (κ1) is 17.4. The van der Waals surface area contributed by atoms with Gasteiger partial charge in [0.2, 0.25) is 0 Å². The molecule has 4 heteroatoms. The second kappa shape index (κ2) is 6.65. The van der Waals surface area contributed by atoms with Crippen molar-refractivity contribution in [3.63, 3.8) is 0 Å². The van der Waals surface area contributed by atoms with E-state index in [4.69, 9.17) is 0 Å². The highest BCUT2D eigenvalue weighted by molar-refractivity contribution is 5.73. The van der Waals surface area contributed by atoms with Gasteiger partial charge in [-0.05, 0) is 46.2 Å². The van der Waals surface area contributed by atoms with E-state index in [0.717, 1.165) is 22.3 Å². The third-order valence-corrected chi connectivity index (χ3v) is 3.73. The highest BCUT2D eigenvalue weighted by Crippen LogP contribution is 2.37. The molecule has 0 unspecified atom stereocenters. The molecule has 0 amide bonds. The highest BCUT2D eigenvalue weighted by atomic mass is 19.4. The molecule has 0 N–H and O–H groups in total. The summed E-state index contributed by atoms with van der Waals surface area (Å²) in [6.07, 6.45) is -4.68. The summed E-state index contributed by atoms with van der Waals surface area (Å²) >= 11 is 0. The van der Waals surface area contributed by atoms with E-state index < -0.39 is 6.36 Å². The Kier molecular flexibility index (Phi) is 5.03. The quantitative estimate of drug-likeness (QED) is 0.624. The highest BCUT2D eigenvalue weighted by Gasteiger charge is 2.31. The number of benzene rings is 2. The second-order valence-corrected chi connectivity index (χ2v) is 6.20. The average Bonchev–Trinajstić information content (AvgIpc) is 2.44. The first-order chi connectivity index (χ1) is 10.7. The van der Waals surface area contributed by atoms with Crippen LogP contribution < -0.4 is 4.74 Å². The van der Waals surface area contributed by atoms with Gasteiger partial charge in [0.15, 0.2) is 0 Å². The minimum Gasteiger partial charge on any atom is -0.406 e. The lowest BCUT2D eigenvalue weighted by molar-refractivity contribution is -0.274. The van der Waals surface area contributed by atoms with Crippen molar-refractivity contribution in [3.8, 4) is 16.9 Å². The van der Waals surface area contributed by atoms with Crippen LogP contribution in [0.25, 0.3) is 11.1 Å². The van der Waals surface area contributed by atoms with Crippen LogP contribution in [0.2, 0.25) is 0 Å². The minimum absolute atomic E-state index is 0.191. The molecular formula is C19H21F3O. The van der Waals surface area contributed by atoms with E-state index in [1.807, 2.05) is 24.3 Å². The van der Waals surface area contributed by atoms with E-state index in [0.29, 0.717) is 0 Å². The molecule has 0 aromatic heterocycles. The van der Waals surface area contributed by atoms with Crippen LogP contribution >= 0.6 is 0 Å². The Morgan fingerprint density at radius 1 is 0.826 bits per heavy atom. The number of alkyl halides is 3. The zero-order chi connectivity index (χ0) is 17.2. The van der Waals surface area contributed by atoms with Crippen molar-refractivity contribution in [3.05, 3.63) is 53.6 Å². The predicted octanol–water partition coefficient (Wildman–Crippen LogP) is 6.50. The molecule has 0 fully saturated rings. The van der Waals surface area contributed by atoms with Crippen molar-refractivity contribution in [1.82, 2.24) is 0 Å². The van der Waals surface area contributed by atoms with Gasteiger partial charge in [0.1, 0.15) is 5.75 Å². The molecule has 0 saturated carbocycles. The van der Waals surface area contributed by atoms with E-state index in [1.165, 1.54) is 12.1 Å². The zero-order valence-electron chi connectivity index (χ0n) is 13.7. The first-order valence-electron chi connectivity index (χ1n) is 7.68. The molecule has 0 aliphatic carbocycles. The molecule has 0 spiro atoms. The summed E-state index contributed by atoms with van der Waals surface area (Å²) in [5, 5.41) is 0. The fourth-order valence-corrected chi connectivity index (χ4v) is 2.73. The maximum atomic E-state index is 12.5. The van der Waals surface area contributed by atoms with Crippen LogP contribution in [0.15, 0.2) is 42.5 Å². The number of halogens is 3. The van der Waals surface area contributed by atoms with Gasteiger partial charge in [-0.15, -0.1) is 13.2 Å². The van der Waals surface area contributed by atoms with Crippen LogP contribution in [0.5, 0.6) is 5.75 Å². The van der Waals surface area contributed by atoms with Gasteiger partial charge < -0.3 is 4.74 Å². The molecule has 2 aromatic rings. The molecular weight excluding hydrogens is 301 g/mol. The predicted molar refractivity (Wildman–Crippen MR) is 86.7 cm³/mol. The molecule has 0 heterocycles. The zero-order valence-corrected chi connectivity index (χ0v) is 13.7. The number of hydrogen-bond donors (Lipinski definition) is 0. The molecule has 0 aliphatic heterocycles. The summed E-state index contributed by atoms with van der Waals surface area (Å²) in [7, 11) is 0. The van der Waals surface area contributed by atoms with Gasteiger partial charge >= 0.3 is 6.36 Å². The summed E-state index contributed by atoms with van der Waals surface area (Å²) < 4.78 is 41.5. The maximum Gasteiger partial charge on any atom is 0.573 e. The summed E-state index contributed by atoms with van der Waals surface area (Å²) in [6.45, 7) is 8.33. The van der Waals surface area contributed by atoms with Gasteiger partial charge in [0.25, 0.3) is 0 Å². The van der Waals surface area contributed by atoms with E-state index >= 15 is 0 Å². The molecule has 0 aliphatic rings. The smallest absolute Gasteiger partial charge is 0.406 e. The van der Waals surface area contributed by atoms with Crippen LogP contribution in [0.4, 0.5) is 13.2 Å². The standard InChI is InChI=1S/C19H21F3O/c1-12(2)16-9-6-10-17(13(3)4)18(16)14-7-5-8-15(11-14)23-19(20,21)22/h5-13H,1-4H3. The topological polar surface area (TPSA) is 9.23 Å². The third kappa shape index (κ3) is 4.27. The van der Waals surface area contributed by atoms with Crippen molar-refractivity contribution in [2.24, 2.45) is 0 Å². The van der Waals surface area contributed by atoms with Gasteiger partial charge in [0, 0.05) is 0 Å². The second-order valence-electron chi connectivity index (χ2n) is 6.20. The molecule has 0 radical (unpaired) electrons. The Balaban J connectivity index is 2.59. The fraction of sp³-hybridized carbons (Fsp3) is 0.368. The Bertz CT molecular complexity index is 646. The number of ether oxygens (including phenoxy) is 1. The van der Waals surface area contributed by atoms with E-state index in [1.54, 1.807) is 6.07 Å². The Morgan fingerprint density at radius 3 is 1.83 bits per heavy atom. The number of hydrogen-bond acceptors (Lipinski definition) is 1. The Labute approximate surface area is 135 Å². The van der Waals surface area contributed by atoms with E-state index in [-0.39, 0.29) is 17.6 Å². The van der Waals surface area contributed by atoms with Crippen LogP contribution in [-0.2, 0) is 0 Å². The molecule has 23 heavy (non-hydrogen) atoms. The van der Waals surface area contributed by atoms with Gasteiger partial charge in [-0.1, -0.05) is 58.0 Å². The third-order valence-electron chi connectivity index (χ3n) is 3.73. The van der Waals surface area contributed by atoms with Gasteiger partial charge in [0.05, 0.1) is 0 Å². The molecule has 1 nitrogen and oxygen atoms in total. The van der Waals surface area contributed by atoms with Gasteiger partial charge in [-0.2, -0.15) is 0 Å². The van der Waals surface area contributed by atoms with Crippen molar-refractivity contribution < 1.29 is 17.9 Å². The van der Waals surface area contributed by atoms with Crippen LogP contribution in [-0.4, -0.2) is 6.36 Å². The maximum absolute atomic E-state index is 12.5. The van der Waals surface area contributed by atoms with E-state index in [9.17, 15) is 13.2 Å². The lowest BCUT2D eigenvalue weighted by Crippen LogP contribution is -2.17. The molecule has 124 valence electrons. The average molecular weight is 322 g/mol. The first-order valence-corrected chi connectivity index (χ1v) is 7.68. The summed E-state index contributed by atoms with van der Waals surface area (Å²) in [4.78, 5) is 0. The molecule has 2 rings (SSSR count). The lowest BCUT2D eigenvalue weighted by atomic mass is 9.85. The van der Waals surface area contributed by atoms with Crippen LogP contribution in [0.3, 0.4) is 0 Å². The van der Waals surface area contributed by atoms with Crippen molar-refractivity contribution in [1.29, 1.82) is 0 Å². The van der Waals surface area contributed by atoms with Crippen molar-refractivity contribution in [2.45, 2.75) is 45.9 Å². The lowest BCUT2D eigenvalue weighted by Gasteiger charge is -2.20. The van der Waals surface area contributed by atoms with Crippen molar-refractivity contribution >= 4 is 0 Å². The summed E-state index contributed by atoms with van der Waals surface area (Å²) in [5.74, 6) is 0.357. The Morgan fingerprint density at radius 2 is 1.35 bits per heavy atom. The summed E-state index contributed by atoms with van der Waals surface area (Å²) in [6, 6.07) is 12.3. The van der Waals surface area contributed by atoms with E-state index in [2.05, 4.69) is 32.4 Å². The molecule has 0 saturated heterocycles. The normalized spacial score (nSPS) is 12.0. The Hall–Kier alpha value is -1.97. The van der Waals surface area contributed by atoms with Gasteiger partial charge in [-0.25, -0.2) is 0 Å². The van der Waals surface area contributed by atoms with Gasteiger partial charge in [-0.3, -0.25) is 0 Å². The molecule has 0 bridgehead atoms. The number of rotatable bonds is 4. The summed E-state index contributed by atoms with van der Waals surface area (Å²) in [5.41, 5.74) is 4.01. The fourth-order valence-electron chi connectivity index (χ4n) is 2.73. The van der Waals surface area contributed by atoms with Crippen LogP contribution in [0.1, 0.15) is 50.7 Å². The largest absolute Gasteiger partial charge is 0.573 e. The van der Waals surface area contributed by atoms with Crippen LogP contribution in [0, 0.1) is 0 Å². The van der Waals surface area contributed by atoms with Crippen molar-refractivity contribution in [2.75, 3.05) is 0 Å².